The number of rotatable bonds is 16. The molecule has 0 unspecified atom stereocenters. The molecule has 1 fully saturated rings. The second kappa shape index (κ2) is 22.2. The first-order valence-electron chi connectivity index (χ1n) is 21.3. The van der Waals surface area contributed by atoms with Gasteiger partial charge in [-0.3, -0.25) is 4.79 Å². The maximum absolute atomic E-state index is 16.5. The van der Waals surface area contributed by atoms with Gasteiger partial charge in [0.15, 0.2) is 12.2 Å². The summed E-state index contributed by atoms with van der Waals surface area (Å²) in [6, 6.07) is 37.9. The zero-order valence-corrected chi connectivity index (χ0v) is 36.7. The van der Waals surface area contributed by atoms with Crippen molar-refractivity contribution in [1.29, 1.82) is 0 Å². The average Bonchev–Trinajstić information content (AvgIpc) is 3.34. The predicted molar refractivity (Wildman–Crippen MR) is 235 cm³/mol. The van der Waals surface area contributed by atoms with Crippen molar-refractivity contribution in [2.75, 3.05) is 0 Å². The molecule has 69 heavy (non-hydrogen) atoms. The molecule has 0 spiro atoms. The summed E-state index contributed by atoms with van der Waals surface area (Å²) in [7, 11) is 0. The van der Waals surface area contributed by atoms with E-state index in [2.05, 4.69) is 4.74 Å². The number of alkyl halides is 3. The van der Waals surface area contributed by atoms with Crippen LogP contribution in [0.5, 0.6) is 11.5 Å². The Hall–Kier alpha value is -8.05. The van der Waals surface area contributed by atoms with E-state index in [4.69, 9.17) is 33.2 Å². The second-order valence-corrected chi connectivity index (χ2v) is 15.5. The fourth-order valence-electron chi connectivity index (χ4n) is 7.23. The maximum Gasteiger partial charge on any atom is 0.573 e. The third-order valence-corrected chi connectivity index (χ3v) is 10.5. The summed E-state index contributed by atoms with van der Waals surface area (Å²) in [5.41, 5.74) is 0.359. The molecule has 1 heterocycles. The van der Waals surface area contributed by atoms with Crippen LogP contribution in [-0.2, 0) is 46.2 Å². The second-order valence-electron chi connectivity index (χ2n) is 15.5. The minimum absolute atomic E-state index is 0.0163. The summed E-state index contributed by atoms with van der Waals surface area (Å²) in [5, 5.41) is 0. The van der Waals surface area contributed by atoms with Crippen LogP contribution in [-0.4, -0.2) is 73.0 Å². The lowest BCUT2D eigenvalue weighted by Crippen LogP contribution is -2.65. The SMILES string of the molecule is CC(=O)OCc1cc(F)c(Cc2ccc(OC(F)(F)F)cc2)c(O[C@@H]2O[C@H]([C@@H](C)OC(=O)c3ccccc3)[C@@H](OC(=O)c3ccccc3)[C@H](OC(=O)c3ccccc3)[C@H]2OC(=O)c2ccccc2)c1. The number of hydrogen-bond acceptors (Lipinski definition) is 13. The van der Waals surface area contributed by atoms with Crippen LogP contribution >= 0.6 is 0 Å². The normalized spacial score (nSPS) is 18.1. The molecule has 6 aromatic rings. The third kappa shape index (κ3) is 13.1. The van der Waals surface area contributed by atoms with Crippen LogP contribution in [0.4, 0.5) is 17.6 Å². The molecule has 1 aliphatic rings. The lowest BCUT2D eigenvalue weighted by atomic mass is 9.94. The monoisotopic (exact) mass is 950 g/mol. The molecule has 1 aliphatic heterocycles. The highest BCUT2D eigenvalue weighted by molar-refractivity contribution is 5.91. The van der Waals surface area contributed by atoms with Crippen molar-refractivity contribution in [2.45, 2.75) is 70.0 Å². The Kier molecular flexibility index (Phi) is 15.7. The number of benzene rings is 6. The van der Waals surface area contributed by atoms with E-state index >= 15 is 4.39 Å². The number of hydrogen-bond donors (Lipinski definition) is 0. The van der Waals surface area contributed by atoms with Crippen molar-refractivity contribution in [3.8, 4) is 11.5 Å². The van der Waals surface area contributed by atoms with E-state index in [1.54, 1.807) is 72.8 Å². The number of carbonyl (C=O) groups is 5. The Morgan fingerprint density at radius 2 is 1.06 bits per heavy atom. The molecule has 1 saturated heterocycles. The first-order chi connectivity index (χ1) is 33.1. The molecular formula is C52H42F4O13. The van der Waals surface area contributed by atoms with Gasteiger partial charge in [0.2, 0.25) is 12.4 Å². The molecule has 0 aliphatic carbocycles. The Balaban J connectivity index is 1.37. The van der Waals surface area contributed by atoms with E-state index < -0.39 is 91.2 Å². The zero-order valence-electron chi connectivity index (χ0n) is 36.7. The van der Waals surface area contributed by atoms with E-state index in [0.717, 1.165) is 25.1 Å². The van der Waals surface area contributed by atoms with Gasteiger partial charge in [-0.1, -0.05) is 84.9 Å². The van der Waals surface area contributed by atoms with Gasteiger partial charge < -0.3 is 37.9 Å². The molecule has 0 N–H and O–H groups in total. The Morgan fingerprint density at radius 3 is 1.54 bits per heavy atom. The first-order valence-corrected chi connectivity index (χ1v) is 21.3. The molecule has 0 bridgehead atoms. The topological polar surface area (TPSA) is 159 Å². The van der Waals surface area contributed by atoms with Crippen molar-refractivity contribution < 1.29 is 79.4 Å². The molecule has 0 aromatic heterocycles. The summed E-state index contributed by atoms with van der Waals surface area (Å²) in [6.45, 7) is 2.10. The Bertz CT molecular complexity index is 2720. The van der Waals surface area contributed by atoms with Crippen molar-refractivity contribution in [1.82, 2.24) is 0 Å². The minimum atomic E-state index is -4.98. The Labute approximate surface area is 392 Å². The molecule has 7 rings (SSSR count). The third-order valence-electron chi connectivity index (χ3n) is 10.5. The fourth-order valence-corrected chi connectivity index (χ4v) is 7.23. The van der Waals surface area contributed by atoms with E-state index in [1.807, 2.05) is 0 Å². The van der Waals surface area contributed by atoms with E-state index in [0.29, 0.717) is 0 Å². The van der Waals surface area contributed by atoms with Gasteiger partial charge in [0.25, 0.3) is 0 Å². The number of esters is 5. The zero-order chi connectivity index (χ0) is 49.1. The lowest BCUT2D eigenvalue weighted by Gasteiger charge is -2.45. The summed E-state index contributed by atoms with van der Waals surface area (Å²) >= 11 is 0. The van der Waals surface area contributed by atoms with E-state index in [9.17, 15) is 37.1 Å². The van der Waals surface area contributed by atoms with Gasteiger partial charge in [0.1, 0.15) is 36.1 Å². The van der Waals surface area contributed by atoms with E-state index in [1.165, 1.54) is 73.7 Å². The van der Waals surface area contributed by atoms with Crippen LogP contribution in [0.1, 0.15) is 72.0 Å². The van der Waals surface area contributed by atoms with Crippen LogP contribution in [0, 0.1) is 5.82 Å². The molecule has 6 aromatic carbocycles. The minimum Gasteiger partial charge on any atom is -0.461 e. The number of carbonyl (C=O) groups excluding carboxylic acids is 5. The van der Waals surface area contributed by atoms with Crippen LogP contribution in [0.2, 0.25) is 0 Å². The largest absolute Gasteiger partial charge is 0.573 e. The quantitative estimate of drug-likeness (QED) is 0.0514. The highest BCUT2D eigenvalue weighted by Crippen LogP contribution is 2.37. The van der Waals surface area contributed by atoms with Crippen molar-refractivity contribution in [3.05, 3.63) is 202 Å². The molecule has 356 valence electrons. The predicted octanol–water partition coefficient (Wildman–Crippen LogP) is 9.40. The lowest BCUT2D eigenvalue weighted by molar-refractivity contribution is -0.284. The smallest absolute Gasteiger partial charge is 0.461 e. The van der Waals surface area contributed by atoms with Crippen molar-refractivity contribution in [3.63, 3.8) is 0 Å². The fraction of sp³-hybridized carbons (Fsp3) is 0.212. The first kappa shape index (κ1) is 48.9. The van der Waals surface area contributed by atoms with Gasteiger partial charge in [-0.15, -0.1) is 13.2 Å². The van der Waals surface area contributed by atoms with E-state index in [-0.39, 0.29) is 51.1 Å². The highest BCUT2D eigenvalue weighted by atomic mass is 19.4. The molecule has 13 nitrogen and oxygen atoms in total. The number of ether oxygens (including phenoxy) is 8. The van der Waals surface area contributed by atoms with Gasteiger partial charge in [-0.05, 0) is 90.8 Å². The van der Waals surface area contributed by atoms with Gasteiger partial charge in [0, 0.05) is 18.9 Å². The van der Waals surface area contributed by atoms with Crippen molar-refractivity contribution >= 4 is 29.8 Å². The molecule has 0 radical (unpaired) electrons. The summed E-state index contributed by atoms with van der Waals surface area (Å²) in [6.07, 6.45) is -15.7. The molecule has 0 saturated carbocycles. The Morgan fingerprint density at radius 1 is 0.594 bits per heavy atom. The molecule has 0 amide bonds. The summed E-state index contributed by atoms with van der Waals surface area (Å²) < 4.78 is 102. The van der Waals surface area contributed by atoms with Gasteiger partial charge in [-0.2, -0.15) is 0 Å². The highest BCUT2D eigenvalue weighted by Gasteiger charge is 2.56. The van der Waals surface area contributed by atoms with Gasteiger partial charge in [-0.25, -0.2) is 23.6 Å². The van der Waals surface area contributed by atoms with Crippen LogP contribution in [0.25, 0.3) is 0 Å². The summed E-state index contributed by atoms with van der Waals surface area (Å²) in [4.78, 5) is 67.8. The molecule has 17 heteroatoms. The van der Waals surface area contributed by atoms with Crippen LogP contribution in [0.3, 0.4) is 0 Å². The summed E-state index contributed by atoms with van der Waals surface area (Å²) in [5.74, 6) is -6.24. The molecular weight excluding hydrogens is 909 g/mol. The van der Waals surface area contributed by atoms with Crippen LogP contribution < -0.4 is 9.47 Å². The maximum atomic E-state index is 16.5. The molecule has 6 atom stereocenters. The standard InChI is InChI=1S/C52H42F4O13/c1-31(63-47(58)35-15-7-3-8-16-35)43-44(65-48(59)36-17-9-4-10-18-36)45(66-49(60)37-19-11-5-12-20-37)46(67-50(61)38-21-13-6-14-22-38)51(68-43)64-42-29-34(30-62-32(2)57)28-41(53)40(42)27-33-23-25-39(26-24-33)69-52(54,55)56/h3-26,28-29,31,43-46,51H,27,30H2,1-2H3/t31-,43-,44-,45+,46-,51-/m1/s1. The average molecular weight is 951 g/mol. The van der Waals surface area contributed by atoms with Gasteiger partial charge in [0.05, 0.1) is 22.3 Å². The van der Waals surface area contributed by atoms with Crippen LogP contribution in [0.15, 0.2) is 158 Å². The van der Waals surface area contributed by atoms with Crippen molar-refractivity contribution in [2.24, 2.45) is 0 Å². The van der Waals surface area contributed by atoms with Gasteiger partial charge >= 0.3 is 36.2 Å². The number of halogens is 4.